The van der Waals surface area contributed by atoms with Crippen molar-refractivity contribution in [2.45, 2.75) is 13.0 Å². The number of alkyl halides is 2. The highest BCUT2D eigenvalue weighted by atomic mass is 19.3. The maximum absolute atomic E-state index is 15.0. The molecule has 0 unspecified atom stereocenters. The SMILES string of the molecule is COc1cccc(N(Cc2ccc(C(=O)CNC(=O)C(F)F)cc2F)C(=O)N2CCN(C)CC2)c1. The van der Waals surface area contributed by atoms with Crippen molar-refractivity contribution in [3.8, 4) is 5.75 Å². The average Bonchev–Trinajstić information content (AvgIpc) is 2.86. The van der Waals surface area contributed by atoms with Gasteiger partial charge in [0.1, 0.15) is 11.6 Å². The van der Waals surface area contributed by atoms with Crippen LogP contribution in [0.3, 0.4) is 0 Å². The molecule has 1 aliphatic rings. The van der Waals surface area contributed by atoms with Crippen LogP contribution in [0.2, 0.25) is 0 Å². The van der Waals surface area contributed by atoms with E-state index in [1.165, 1.54) is 24.1 Å². The zero-order chi connectivity index (χ0) is 25.5. The van der Waals surface area contributed by atoms with Gasteiger partial charge in [0.2, 0.25) is 0 Å². The molecule has 2 aromatic carbocycles. The number of ketones is 1. The Morgan fingerprint density at radius 3 is 2.43 bits per heavy atom. The first-order valence-electron chi connectivity index (χ1n) is 11.0. The summed E-state index contributed by atoms with van der Waals surface area (Å²) in [5.74, 6) is -2.50. The van der Waals surface area contributed by atoms with E-state index in [1.807, 2.05) is 7.05 Å². The number of rotatable bonds is 8. The van der Waals surface area contributed by atoms with Gasteiger partial charge in [-0.05, 0) is 25.2 Å². The lowest BCUT2D eigenvalue weighted by molar-refractivity contribution is -0.131. The number of ether oxygens (including phenoxy) is 1. The maximum Gasteiger partial charge on any atom is 0.324 e. The third-order valence-electron chi connectivity index (χ3n) is 5.69. The van der Waals surface area contributed by atoms with Crippen molar-refractivity contribution in [2.24, 2.45) is 0 Å². The average molecular weight is 492 g/mol. The van der Waals surface area contributed by atoms with Crippen molar-refractivity contribution in [1.29, 1.82) is 0 Å². The largest absolute Gasteiger partial charge is 0.497 e. The Morgan fingerprint density at radius 1 is 1.09 bits per heavy atom. The fourth-order valence-corrected chi connectivity index (χ4v) is 3.58. The Hall–Kier alpha value is -3.60. The standard InChI is InChI=1S/C24H27F3N4O4/c1-29-8-10-30(11-9-29)24(34)31(18-4-3-5-19(13-18)35-2)15-17-7-6-16(12-20(17)25)21(32)14-28-23(33)22(26)27/h3-7,12-13,22H,8-11,14-15H2,1-2H3,(H,28,33). The summed E-state index contributed by atoms with van der Waals surface area (Å²) in [6.45, 7) is 1.68. The van der Waals surface area contributed by atoms with Gasteiger partial charge in [0.25, 0.3) is 5.91 Å². The van der Waals surface area contributed by atoms with Crippen molar-refractivity contribution in [3.05, 3.63) is 59.4 Å². The zero-order valence-corrected chi connectivity index (χ0v) is 19.5. The number of hydrogen-bond donors (Lipinski definition) is 1. The lowest BCUT2D eigenvalue weighted by atomic mass is 10.1. The highest BCUT2D eigenvalue weighted by Crippen LogP contribution is 2.25. The summed E-state index contributed by atoms with van der Waals surface area (Å²) in [5, 5.41) is 1.80. The van der Waals surface area contributed by atoms with Crippen LogP contribution < -0.4 is 15.0 Å². The number of piperazine rings is 1. The van der Waals surface area contributed by atoms with Gasteiger partial charge in [0.15, 0.2) is 5.78 Å². The highest BCUT2D eigenvalue weighted by Gasteiger charge is 2.27. The molecule has 188 valence electrons. The van der Waals surface area contributed by atoms with Crippen molar-refractivity contribution in [1.82, 2.24) is 15.1 Å². The molecule has 3 rings (SSSR count). The zero-order valence-electron chi connectivity index (χ0n) is 19.5. The van der Waals surface area contributed by atoms with E-state index in [0.29, 0.717) is 37.6 Å². The van der Waals surface area contributed by atoms with Crippen molar-refractivity contribution < 1.29 is 32.3 Å². The lowest BCUT2D eigenvalue weighted by Gasteiger charge is -2.36. The predicted octanol–water partition coefficient (Wildman–Crippen LogP) is 2.77. The number of carbonyl (C=O) groups is 3. The van der Waals surface area contributed by atoms with E-state index < -0.39 is 30.5 Å². The van der Waals surface area contributed by atoms with Crippen LogP contribution in [0.15, 0.2) is 42.5 Å². The monoisotopic (exact) mass is 492 g/mol. The van der Waals surface area contributed by atoms with Crippen LogP contribution >= 0.6 is 0 Å². The normalized spacial score (nSPS) is 14.1. The fourth-order valence-electron chi connectivity index (χ4n) is 3.58. The molecular formula is C24H27F3N4O4. The summed E-state index contributed by atoms with van der Waals surface area (Å²) in [6.07, 6.45) is -3.25. The molecule has 0 bridgehead atoms. The van der Waals surface area contributed by atoms with E-state index >= 15 is 0 Å². The number of carbonyl (C=O) groups excluding carboxylic acids is 3. The second-order valence-corrected chi connectivity index (χ2v) is 8.11. The molecule has 1 aliphatic heterocycles. The smallest absolute Gasteiger partial charge is 0.324 e. The molecule has 1 heterocycles. The summed E-state index contributed by atoms with van der Waals surface area (Å²) in [6, 6.07) is 10.2. The van der Waals surface area contributed by atoms with Gasteiger partial charge >= 0.3 is 12.5 Å². The number of Topliss-reactive ketones (excluding diaryl/α,β-unsaturated/α-hetero) is 1. The van der Waals surface area contributed by atoms with Gasteiger partial charge in [0.05, 0.1) is 20.2 Å². The predicted molar refractivity (Wildman–Crippen MR) is 123 cm³/mol. The van der Waals surface area contributed by atoms with Gasteiger partial charge in [-0.15, -0.1) is 0 Å². The second-order valence-electron chi connectivity index (χ2n) is 8.11. The molecule has 11 heteroatoms. The number of benzene rings is 2. The van der Waals surface area contributed by atoms with Crippen LogP contribution in [0.1, 0.15) is 15.9 Å². The number of likely N-dealkylation sites (N-methyl/N-ethyl adjacent to an activating group) is 1. The number of nitrogens with zero attached hydrogens (tertiary/aromatic N) is 3. The summed E-state index contributed by atoms with van der Waals surface area (Å²) in [4.78, 5) is 41.8. The van der Waals surface area contributed by atoms with Crippen LogP contribution in [0, 0.1) is 5.82 Å². The van der Waals surface area contributed by atoms with Gasteiger partial charge in [-0.3, -0.25) is 14.5 Å². The number of urea groups is 1. The Labute approximate surface area is 201 Å². The molecule has 0 aliphatic carbocycles. The molecular weight excluding hydrogens is 465 g/mol. The minimum absolute atomic E-state index is 0.0841. The molecule has 1 fully saturated rings. The van der Waals surface area contributed by atoms with Crippen LogP contribution in [0.5, 0.6) is 5.75 Å². The number of hydrogen-bond acceptors (Lipinski definition) is 5. The Bertz CT molecular complexity index is 1070. The lowest BCUT2D eigenvalue weighted by Crippen LogP contribution is -2.52. The number of methoxy groups -OCH3 is 1. The van der Waals surface area contributed by atoms with Crippen molar-refractivity contribution in [2.75, 3.05) is 51.8 Å². The first kappa shape index (κ1) is 26.0. The van der Waals surface area contributed by atoms with E-state index in [9.17, 15) is 27.6 Å². The number of anilines is 1. The third kappa shape index (κ3) is 6.72. The highest BCUT2D eigenvalue weighted by molar-refractivity contribution is 5.99. The molecule has 35 heavy (non-hydrogen) atoms. The number of nitrogens with one attached hydrogen (secondary N) is 1. The van der Waals surface area contributed by atoms with Gasteiger partial charge in [-0.2, -0.15) is 8.78 Å². The first-order chi connectivity index (χ1) is 16.7. The van der Waals surface area contributed by atoms with Gasteiger partial charge in [-0.1, -0.05) is 18.2 Å². The second kappa shape index (κ2) is 11.7. The number of halogens is 3. The minimum atomic E-state index is -3.25. The summed E-state index contributed by atoms with van der Waals surface area (Å²) in [5.41, 5.74) is 0.588. The molecule has 0 radical (unpaired) electrons. The van der Waals surface area contributed by atoms with Gasteiger partial charge in [0, 0.05) is 49.1 Å². The molecule has 0 atom stereocenters. The molecule has 0 spiro atoms. The van der Waals surface area contributed by atoms with Crippen molar-refractivity contribution in [3.63, 3.8) is 0 Å². The van der Waals surface area contributed by atoms with Crippen LogP contribution in [0.25, 0.3) is 0 Å². The van der Waals surface area contributed by atoms with E-state index in [4.69, 9.17) is 4.74 Å². The Balaban J connectivity index is 1.82. The maximum atomic E-state index is 15.0. The fraction of sp³-hybridized carbons (Fsp3) is 0.375. The van der Waals surface area contributed by atoms with E-state index in [1.54, 1.807) is 34.5 Å². The van der Waals surface area contributed by atoms with Crippen LogP contribution in [-0.2, 0) is 11.3 Å². The number of amides is 3. The van der Waals surface area contributed by atoms with Gasteiger partial charge in [-0.25, -0.2) is 9.18 Å². The molecule has 3 amide bonds. The summed E-state index contributed by atoms with van der Waals surface area (Å²) in [7, 11) is 3.48. The van der Waals surface area contributed by atoms with Crippen LogP contribution in [0.4, 0.5) is 23.7 Å². The van der Waals surface area contributed by atoms with E-state index in [0.717, 1.165) is 6.07 Å². The van der Waals surface area contributed by atoms with Gasteiger partial charge < -0.3 is 19.9 Å². The van der Waals surface area contributed by atoms with Crippen LogP contribution in [-0.4, -0.2) is 80.8 Å². The van der Waals surface area contributed by atoms with E-state index in [2.05, 4.69) is 4.90 Å². The molecule has 1 saturated heterocycles. The summed E-state index contributed by atoms with van der Waals surface area (Å²) >= 11 is 0. The third-order valence-corrected chi connectivity index (χ3v) is 5.69. The van der Waals surface area contributed by atoms with Crippen molar-refractivity contribution >= 4 is 23.4 Å². The Kier molecular flexibility index (Phi) is 8.69. The molecule has 1 N–H and O–H groups in total. The molecule has 0 saturated carbocycles. The minimum Gasteiger partial charge on any atom is -0.497 e. The quantitative estimate of drug-likeness (QED) is 0.574. The summed E-state index contributed by atoms with van der Waals surface area (Å²) < 4.78 is 44.8. The molecule has 2 aromatic rings. The molecule has 0 aromatic heterocycles. The van der Waals surface area contributed by atoms with E-state index in [-0.39, 0.29) is 23.7 Å². The Morgan fingerprint density at radius 2 is 1.80 bits per heavy atom. The first-order valence-corrected chi connectivity index (χ1v) is 11.0. The topological polar surface area (TPSA) is 82.2 Å². The molecule has 8 nitrogen and oxygen atoms in total.